The number of rotatable bonds is 1. The quantitative estimate of drug-likeness (QED) is 0.816. The van der Waals surface area contributed by atoms with Gasteiger partial charge in [-0.15, -0.1) is 11.3 Å². The van der Waals surface area contributed by atoms with Crippen molar-refractivity contribution in [2.24, 2.45) is 0 Å². The Morgan fingerprint density at radius 1 is 1.50 bits per heavy atom. The number of aromatic carboxylic acids is 1. The largest absolute Gasteiger partial charge is 0.476 e. The van der Waals surface area contributed by atoms with E-state index in [4.69, 9.17) is 5.11 Å². The van der Waals surface area contributed by atoms with Gasteiger partial charge in [0.25, 0.3) is 0 Å². The molecule has 67 valence electrons. The van der Waals surface area contributed by atoms with E-state index in [2.05, 4.69) is 20.9 Å². The summed E-state index contributed by atoms with van der Waals surface area (Å²) in [5, 5.41) is 8.82. The van der Waals surface area contributed by atoms with Gasteiger partial charge in [0.05, 0.1) is 10.2 Å². The van der Waals surface area contributed by atoms with Gasteiger partial charge in [0.15, 0.2) is 0 Å². The van der Waals surface area contributed by atoms with Crippen molar-refractivity contribution in [1.29, 1.82) is 0 Å². The summed E-state index contributed by atoms with van der Waals surface area (Å²) in [6.07, 6.45) is 0. The Labute approximate surface area is 115 Å². The van der Waals surface area contributed by atoms with Crippen LogP contribution in [0.3, 0.4) is 0 Å². The zero-order valence-electron chi connectivity index (χ0n) is 7.32. The van der Waals surface area contributed by atoms with Crippen molar-refractivity contribution in [3.05, 3.63) is 27.7 Å². The monoisotopic (exact) mass is 280 g/mol. The van der Waals surface area contributed by atoms with Crippen molar-refractivity contribution in [2.45, 2.75) is 0 Å². The number of thiazole rings is 1. The van der Waals surface area contributed by atoms with Crippen LogP contribution in [0.2, 0.25) is 0 Å². The second kappa shape index (κ2) is 4.72. The fraction of sp³-hybridized carbons (Fsp3) is 0. The molecule has 1 N–H and O–H groups in total. The first-order chi connectivity index (χ1) is 6.16. The Kier molecular flexibility index (Phi) is 4.09. The van der Waals surface area contributed by atoms with E-state index >= 15 is 0 Å². The molecule has 0 amide bonds. The normalized spacial score (nSPS) is 9.79. The van der Waals surface area contributed by atoms with E-state index in [0.29, 0.717) is 0 Å². The maximum absolute atomic E-state index is 10.6. The molecule has 0 atom stereocenters. The number of nitrogens with zero attached hydrogens (tertiary/aromatic N) is 1. The zero-order valence-corrected chi connectivity index (χ0v) is 11.7. The molecule has 6 heteroatoms. The number of hydrogen-bond acceptors (Lipinski definition) is 3. The SMILES string of the molecule is O=C(O)c1nc2ccc(Br)cc2s1.[Na]. The van der Waals surface area contributed by atoms with Crippen LogP contribution in [0.25, 0.3) is 10.2 Å². The molecule has 3 nitrogen and oxygen atoms in total. The number of carboxylic acids is 1. The first kappa shape index (κ1) is 12.1. The Morgan fingerprint density at radius 2 is 2.21 bits per heavy atom. The van der Waals surface area contributed by atoms with Gasteiger partial charge in [-0.2, -0.15) is 0 Å². The third-order valence-electron chi connectivity index (χ3n) is 1.53. The van der Waals surface area contributed by atoms with Crippen LogP contribution in [-0.2, 0) is 0 Å². The minimum absolute atomic E-state index is 0. The zero-order chi connectivity index (χ0) is 9.42. The van der Waals surface area contributed by atoms with Crippen LogP contribution in [0.5, 0.6) is 0 Å². The molecule has 0 spiro atoms. The molecular weight excluding hydrogens is 277 g/mol. The predicted molar refractivity (Wildman–Crippen MR) is 60.0 cm³/mol. The first-order valence-electron chi connectivity index (χ1n) is 3.46. The third-order valence-corrected chi connectivity index (χ3v) is 3.03. The maximum Gasteiger partial charge on any atom is 0.365 e. The molecule has 0 unspecified atom stereocenters. The summed E-state index contributed by atoms with van der Waals surface area (Å²) in [5.41, 5.74) is 0.727. The van der Waals surface area contributed by atoms with Crippen molar-refractivity contribution in [2.75, 3.05) is 0 Å². The van der Waals surface area contributed by atoms with E-state index in [-0.39, 0.29) is 34.6 Å². The maximum atomic E-state index is 10.6. The van der Waals surface area contributed by atoms with Gasteiger partial charge in [-0.3, -0.25) is 0 Å². The van der Waals surface area contributed by atoms with Crippen molar-refractivity contribution >= 4 is 73.0 Å². The summed E-state index contributed by atoms with van der Waals surface area (Å²) >= 11 is 4.49. The van der Waals surface area contributed by atoms with Crippen molar-refractivity contribution in [3.8, 4) is 0 Å². The molecule has 0 aliphatic carbocycles. The molecule has 0 aliphatic heterocycles. The number of benzene rings is 1. The molecule has 14 heavy (non-hydrogen) atoms. The second-order valence-electron chi connectivity index (χ2n) is 2.44. The number of aromatic nitrogens is 1. The molecule has 0 saturated heterocycles. The topological polar surface area (TPSA) is 50.2 Å². The summed E-state index contributed by atoms with van der Waals surface area (Å²) in [4.78, 5) is 14.5. The number of carbonyl (C=O) groups is 1. The molecule has 1 aromatic carbocycles. The number of fused-ring (bicyclic) bond motifs is 1. The van der Waals surface area contributed by atoms with Gasteiger partial charge in [-0.25, -0.2) is 9.78 Å². The Morgan fingerprint density at radius 3 is 2.86 bits per heavy atom. The Balaban J connectivity index is 0.000000980. The van der Waals surface area contributed by atoms with Crippen LogP contribution in [0, 0.1) is 0 Å². The number of hydrogen-bond donors (Lipinski definition) is 1. The average molecular weight is 281 g/mol. The number of carboxylic acid groups (broad SMARTS) is 1. The van der Waals surface area contributed by atoms with E-state index in [1.54, 1.807) is 6.07 Å². The van der Waals surface area contributed by atoms with E-state index in [0.717, 1.165) is 14.7 Å². The summed E-state index contributed by atoms with van der Waals surface area (Å²) < 4.78 is 1.81. The Hall–Kier alpha value is 0.0600. The number of halogens is 1. The molecular formula is C8H4BrNNaO2S. The van der Waals surface area contributed by atoms with E-state index < -0.39 is 5.97 Å². The van der Waals surface area contributed by atoms with Crippen LogP contribution in [0.4, 0.5) is 0 Å². The molecule has 0 bridgehead atoms. The van der Waals surface area contributed by atoms with Crippen LogP contribution in [0.15, 0.2) is 22.7 Å². The van der Waals surface area contributed by atoms with Crippen LogP contribution >= 0.6 is 27.3 Å². The van der Waals surface area contributed by atoms with Gasteiger partial charge in [-0.05, 0) is 18.2 Å². The standard InChI is InChI=1S/C8H4BrNO2S.Na/c9-4-1-2-5-6(3-4)13-7(10-5)8(11)12;/h1-3H,(H,11,12);. The predicted octanol–water partition coefficient (Wildman–Crippen LogP) is 2.38. The molecule has 0 aliphatic rings. The molecule has 0 fully saturated rings. The molecule has 1 heterocycles. The fourth-order valence-corrected chi connectivity index (χ4v) is 2.35. The van der Waals surface area contributed by atoms with Gasteiger partial charge in [0.1, 0.15) is 0 Å². The van der Waals surface area contributed by atoms with Gasteiger partial charge in [0.2, 0.25) is 5.01 Å². The van der Waals surface area contributed by atoms with Gasteiger partial charge in [-0.1, -0.05) is 15.9 Å². The van der Waals surface area contributed by atoms with Crippen LogP contribution in [-0.4, -0.2) is 45.6 Å². The summed E-state index contributed by atoms with van der Waals surface area (Å²) in [6.45, 7) is 0. The van der Waals surface area contributed by atoms with E-state index in [9.17, 15) is 4.79 Å². The molecule has 2 aromatic rings. The molecule has 2 rings (SSSR count). The van der Waals surface area contributed by atoms with Crippen molar-refractivity contribution in [1.82, 2.24) is 4.98 Å². The molecule has 1 radical (unpaired) electrons. The molecule has 1 aromatic heterocycles. The smallest absolute Gasteiger partial charge is 0.365 e. The third kappa shape index (κ3) is 2.35. The summed E-state index contributed by atoms with van der Waals surface area (Å²) in [5.74, 6) is -0.975. The average Bonchev–Trinajstić information content (AvgIpc) is 2.46. The van der Waals surface area contributed by atoms with E-state index in [1.807, 2.05) is 12.1 Å². The van der Waals surface area contributed by atoms with Crippen LogP contribution < -0.4 is 0 Å². The van der Waals surface area contributed by atoms with E-state index in [1.165, 1.54) is 11.3 Å². The van der Waals surface area contributed by atoms with Crippen molar-refractivity contribution in [3.63, 3.8) is 0 Å². The fourth-order valence-electron chi connectivity index (χ4n) is 0.990. The summed E-state index contributed by atoms with van der Waals surface area (Å²) in [7, 11) is 0. The minimum atomic E-state index is -0.975. The van der Waals surface area contributed by atoms with Gasteiger partial charge < -0.3 is 5.11 Å². The first-order valence-corrected chi connectivity index (χ1v) is 5.07. The minimum Gasteiger partial charge on any atom is -0.476 e. The van der Waals surface area contributed by atoms with Crippen molar-refractivity contribution < 1.29 is 9.90 Å². The Bertz CT molecular complexity index is 485. The second-order valence-corrected chi connectivity index (χ2v) is 4.38. The van der Waals surface area contributed by atoms with Crippen LogP contribution in [0.1, 0.15) is 9.80 Å². The van der Waals surface area contributed by atoms with Gasteiger partial charge in [0, 0.05) is 34.0 Å². The summed E-state index contributed by atoms with van der Waals surface area (Å²) in [6, 6.07) is 5.50. The van der Waals surface area contributed by atoms with Gasteiger partial charge >= 0.3 is 5.97 Å². The molecule has 0 saturated carbocycles.